The van der Waals surface area contributed by atoms with Crippen LogP contribution in [0.1, 0.15) is 11.4 Å². The molecule has 0 atom stereocenters. The predicted octanol–water partition coefficient (Wildman–Crippen LogP) is 3.85. The Balaban J connectivity index is 2.32. The first-order valence-electron chi connectivity index (χ1n) is 4.89. The summed E-state index contributed by atoms with van der Waals surface area (Å²) in [6.45, 7) is -0.0921. The fourth-order valence-corrected chi connectivity index (χ4v) is 2.10. The molecule has 2 aromatic rings. The molecule has 0 bridgehead atoms. The first kappa shape index (κ1) is 13.1. The fourth-order valence-electron chi connectivity index (χ4n) is 1.59. The van der Waals surface area contributed by atoms with Crippen LogP contribution in [0.15, 0.2) is 35.1 Å². The highest BCUT2D eigenvalue weighted by atomic mass is 79.9. The minimum atomic E-state index is -4.52. The van der Waals surface area contributed by atoms with Crippen LogP contribution in [0.25, 0.3) is 0 Å². The van der Waals surface area contributed by atoms with Gasteiger partial charge in [-0.1, -0.05) is 15.9 Å². The summed E-state index contributed by atoms with van der Waals surface area (Å²) in [7, 11) is 0. The largest absolute Gasteiger partial charge is 0.449 e. The lowest BCUT2D eigenvalue weighted by atomic mass is 10.2. The van der Waals surface area contributed by atoms with Crippen LogP contribution >= 0.6 is 15.9 Å². The second-order valence-electron chi connectivity index (χ2n) is 3.65. The Morgan fingerprint density at radius 1 is 1.22 bits per heavy atom. The van der Waals surface area contributed by atoms with E-state index in [0.717, 1.165) is 10.8 Å². The number of hydrogen-bond acceptors (Lipinski definition) is 1. The van der Waals surface area contributed by atoms with E-state index >= 15 is 0 Å². The second-order valence-corrected chi connectivity index (χ2v) is 4.57. The average Bonchev–Trinajstić information content (AvgIpc) is 2.63. The normalized spacial score (nSPS) is 11.8. The van der Waals surface area contributed by atoms with E-state index in [1.807, 2.05) is 0 Å². The van der Waals surface area contributed by atoms with Gasteiger partial charge in [-0.2, -0.15) is 13.2 Å². The van der Waals surface area contributed by atoms with Crippen LogP contribution in [0.3, 0.4) is 0 Å². The van der Waals surface area contributed by atoms with Gasteiger partial charge in [0, 0.05) is 23.4 Å². The topological polar surface area (TPSA) is 17.8 Å². The number of benzene rings is 1. The molecule has 96 valence electrons. The smallest absolute Gasteiger partial charge is 0.323 e. The molecule has 0 N–H and O–H groups in total. The summed E-state index contributed by atoms with van der Waals surface area (Å²) < 4.78 is 52.3. The summed E-state index contributed by atoms with van der Waals surface area (Å²) in [5.74, 6) is -1.50. The van der Waals surface area contributed by atoms with Crippen LogP contribution in [-0.4, -0.2) is 9.55 Å². The molecule has 2 nitrogen and oxygen atoms in total. The number of hydrogen-bond donors (Lipinski definition) is 0. The molecule has 18 heavy (non-hydrogen) atoms. The highest BCUT2D eigenvalue weighted by Crippen LogP contribution is 2.28. The molecule has 1 aromatic carbocycles. The Kier molecular flexibility index (Phi) is 3.43. The lowest BCUT2D eigenvalue weighted by Crippen LogP contribution is -2.15. The van der Waals surface area contributed by atoms with Crippen LogP contribution in [0.2, 0.25) is 0 Å². The molecule has 0 fully saturated rings. The van der Waals surface area contributed by atoms with Crippen molar-refractivity contribution in [2.75, 3.05) is 0 Å². The standard InChI is InChI=1S/C11H7BrF4N2/c12-8-3-7(4-9(13)5-8)6-18-2-1-17-10(18)11(14,15)16/h1-5H,6H2. The van der Waals surface area contributed by atoms with Gasteiger partial charge in [0.2, 0.25) is 5.82 Å². The number of halogens is 5. The van der Waals surface area contributed by atoms with Gasteiger partial charge in [-0.15, -0.1) is 0 Å². The number of aromatic nitrogens is 2. The van der Waals surface area contributed by atoms with E-state index in [4.69, 9.17) is 0 Å². The lowest BCUT2D eigenvalue weighted by molar-refractivity contribution is -0.147. The third-order valence-electron chi connectivity index (χ3n) is 2.24. The third-order valence-corrected chi connectivity index (χ3v) is 2.70. The second kappa shape index (κ2) is 4.72. The highest BCUT2D eigenvalue weighted by Gasteiger charge is 2.35. The molecule has 0 aliphatic heterocycles. The fraction of sp³-hybridized carbons (Fsp3) is 0.182. The molecule has 0 aliphatic carbocycles. The van der Waals surface area contributed by atoms with Crippen molar-refractivity contribution in [3.63, 3.8) is 0 Å². The molecule has 0 radical (unpaired) electrons. The van der Waals surface area contributed by atoms with Crippen molar-refractivity contribution >= 4 is 15.9 Å². The van der Waals surface area contributed by atoms with Crippen molar-refractivity contribution < 1.29 is 17.6 Å². The van der Waals surface area contributed by atoms with Gasteiger partial charge in [0.25, 0.3) is 0 Å². The molecular weight excluding hydrogens is 316 g/mol. The quantitative estimate of drug-likeness (QED) is 0.768. The summed E-state index contributed by atoms with van der Waals surface area (Å²) in [4.78, 5) is 3.26. The Labute approximate surface area is 108 Å². The first-order valence-corrected chi connectivity index (χ1v) is 5.69. The maximum absolute atomic E-state index is 13.1. The SMILES string of the molecule is Fc1cc(Br)cc(Cn2ccnc2C(F)(F)F)c1. The van der Waals surface area contributed by atoms with Crippen LogP contribution in [0, 0.1) is 5.82 Å². The van der Waals surface area contributed by atoms with Crippen molar-refractivity contribution in [1.82, 2.24) is 9.55 Å². The van der Waals surface area contributed by atoms with Gasteiger partial charge in [0.1, 0.15) is 5.82 Å². The molecule has 0 spiro atoms. The summed E-state index contributed by atoms with van der Waals surface area (Å²) in [6.07, 6.45) is -2.24. The highest BCUT2D eigenvalue weighted by molar-refractivity contribution is 9.10. The van der Waals surface area contributed by atoms with Crippen molar-refractivity contribution in [3.05, 3.63) is 52.3 Å². The van der Waals surface area contributed by atoms with Gasteiger partial charge in [-0.25, -0.2) is 9.37 Å². The zero-order valence-corrected chi connectivity index (χ0v) is 10.5. The maximum atomic E-state index is 13.1. The molecule has 0 amide bonds. The van der Waals surface area contributed by atoms with Crippen molar-refractivity contribution in [3.8, 4) is 0 Å². The van der Waals surface area contributed by atoms with Gasteiger partial charge in [0.05, 0.1) is 0 Å². The molecule has 1 heterocycles. The lowest BCUT2D eigenvalue weighted by Gasteiger charge is -2.10. The number of rotatable bonds is 2. The van der Waals surface area contributed by atoms with Gasteiger partial charge in [-0.3, -0.25) is 0 Å². The minimum Gasteiger partial charge on any atom is -0.323 e. The Morgan fingerprint density at radius 3 is 2.56 bits per heavy atom. The molecule has 0 aliphatic rings. The zero-order chi connectivity index (χ0) is 13.3. The molecule has 7 heteroatoms. The molecule has 0 unspecified atom stereocenters. The molecule has 0 saturated heterocycles. The van der Waals surface area contributed by atoms with Gasteiger partial charge in [0.15, 0.2) is 0 Å². The third kappa shape index (κ3) is 2.90. The number of alkyl halides is 3. The van der Waals surface area contributed by atoms with Crippen LogP contribution in [0.5, 0.6) is 0 Å². The molecule has 1 aromatic heterocycles. The Hall–Kier alpha value is -1.37. The minimum absolute atomic E-state index is 0.0921. The van der Waals surface area contributed by atoms with Crippen LogP contribution in [0.4, 0.5) is 17.6 Å². The maximum Gasteiger partial charge on any atom is 0.449 e. The predicted molar refractivity (Wildman–Crippen MR) is 60.4 cm³/mol. The Bertz CT molecular complexity index is 542. The number of nitrogens with zero attached hydrogens (tertiary/aromatic N) is 2. The number of imidazole rings is 1. The van der Waals surface area contributed by atoms with Crippen molar-refractivity contribution in [1.29, 1.82) is 0 Å². The van der Waals surface area contributed by atoms with E-state index in [9.17, 15) is 17.6 Å². The molecule has 0 saturated carbocycles. The van der Waals surface area contributed by atoms with Crippen LogP contribution < -0.4 is 0 Å². The molecular formula is C11H7BrF4N2. The van der Waals surface area contributed by atoms with E-state index < -0.39 is 17.8 Å². The summed E-state index contributed by atoms with van der Waals surface area (Å²) in [5.41, 5.74) is 0.422. The van der Waals surface area contributed by atoms with E-state index in [1.165, 1.54) is 18.3 Å². The van der Waals surface area contributed by atoms with E-state index in [0.29, 0.717) is 10.0 Å². The monoisotopic (exact) mass is 322 g/mol. The van der Waals surface area contributed by atoms with Crippen molar-refractivity contribution in [2.24, 2.45) is 0 Å². The van der Waals surface area contributed by atoms with E-state index in [-0.39, 0.29) is 6.54 Å². The van der Waals surface area contributed by atoms with Gasteiger partial charge < -0.3 is 4.57 Å². The summed E-state index contributed by atoms with van der Waals surface area (Å²) in [5, 5.41) is 0. The zero-order valence-electron chi connectivity index (χ0n) is 8.88. The van der Waals surface area contributed by atoms with Gasteiger partial charge in [-0.05, 0) is 23.8 Å². The van der Waals surface area contributed by atoms with E-state index in [2.05, 4.69) is 20.9 Å². The van der Waals surface area contributed by atoms with E-state index in [1.54, 1.807) is 6.07 Å². The van der Waals surface area contributed by atoms with Gasteiger partial charge >= 0.3 is 6.18 Å². The summed E-state index contributed by atoms with van der Waals surface area (Å²) >= 11 is 3.09. The Morgan fingerprint density at radius 2 is 1.94 bits per heavy atom. The van der Waals surface area contributed by atoms with Crippen molar-refractivity contribution in [2.45, 2.75) is 12.7 Å². The summed E-state index contributed by atoms with van der Waals surface area (Å²) in [6, 6.07) is 3.98. The average molecular weight is 323 g/mol. The van der Waals surface area contributed by atoms with Crippen LogP contribution in [-0.2, 0) is 12.7 Å². The first-order chi connectivity index (χ1) is 8.36. The molecule has 2 rings (SSSR count).